The van der Waals surface area contributed by atoms with Crippen molar-refractivity contribution < 1.29 is 9.59 Å². The lowest BCUT2D eigenvalue weighted by atomic mass is 10.1. The molecule has 6 nitrogen and oxygen atoms in total. The van der Waals surface area contributed by atoms with E-state index in [0.717, 1.165) is 30.0 Å². The highest BCUT2D eigenvalue weighted by molar-refractivity contribution is 6.05. The van der Waals surface area contributed by atoms with Crippen LogP contribution >= 0.6 is 0 Å². The topological polar surface area (TPSA) is 74.3 Å². The summed E-state index contributed by atoms with van der Waals surface area (Å²) in [4.78, 5) is 31.0. The highest BCUT2D eigenvalue weighted by Crippen LogP contribution is 2.23. The Morgan fingerprint density at radius 1 is 1.07 bits per heavy atom. The molecular weight excluding hydrogens is 340 g/mol. The number of amides is 2. The third-order valence-electron chi connectivity index (χ3n) is 4.26. The second-order valence-corrected chi connectivity index (χ2v) is 6.68. The molecule has 0 saturated carbocycles. The molecule has 0 unspecified atom stereocenters. The average Bonchev–Trinajstić information content (AvgIpc) is 2.64. The van der Waals surface area contributed by atoms with Crippen LogP contribution in [0.25, 0.3) is 0 Å². The summed E-state index contributed by atoms with van der Waals surface area (Å²) in [7, 11) is 0. The summed E-state index contributed by atoms with van der Waals surface area (Å²) < 4.78 is 0. The lowest BCUT2D eigenvalue weighted by Gasteiger charge is -2.22. The molecule has 1 aromatic heterocycles. The first kappa shape index (κ1) is 20.4. The van der Waals surface area contributed by atoms with E-state index in [9.17, 15) is 9.59 Å². The summed E-state index contributed by atoms with van der Waals surface area (Å²) in [5, 5.41) is 5.69. The first-order valence-electron chi connectivity index (χ1n) is 9.29. The summed E-state index contributed by atoms with van der Waals surface area (Å²) >= 11 is 0. The number of aryl methyl sites for hydroxylation is 1. The van der Waals surface area contributed by atoms with Crippen molar-refractivity contribution in [2.45, 2.75) is 40.7 Å². The van der Waals surface area contributed by atoms with Crippen LogP contribution in [0.3, 0.4) is 0 Å². The van der Waals surface area contributed by atoms with Crippen LogP contribution in [0, 0.1) is 6.92 Å². The van der Waals surface area contributed by atoms with Gasteiger partial charge in [0.05, 0.1) is 0 Å². The molecule has 2 rings (SSSR count). The number of pyridine rings is 1. The van der Waals surface area contributed by atoms with Gasteiger partial charge in [-0.3, -0.25) is 14.6 Å². The van der Waals surface area contributed by atoms with Crippen molar-refractivity contribution in [2.24, 2.45) is 0 Å². The third-order valence-corrected chi connectivity index (χ3v) is 4.26. The first-order chi connectivity index (χ1) is 12.8. The molecule has 0 radical (unpaired) electrons. The maximum atomic E-state index is 12.6. The van der Waals surface area contributed by atoms with Gasteiger partial charge in [-0.15, -0.1) is 0 Å². The van der Waals surface area contributed by atoms with Crippen LogP contribution in [0.5, 0.6) is 0 Å². The Morgan fingerprint density at radius 2 is 1.78 bits per heavy atom. The molecule has 27 heavy (non-hydrogen) atoms. The van der Waals surface area contributed by atoms with Crippen molar-refractivity contribution in [2.75, 3.05) is 23.3 Å². The zero-order valence-corrected chi connectivity index (χ0v) is 16.7. The summed E-state index contributed by atoms with van der Waals surface area (Å²) in [5.41, 5.74) is 3.45. The zero-order chi connectivity index (χ0) is 20.0. The fraction of sp³-hybridized carbons (Fsp3) is 0.381. The van der Waals surface area contributed by atoms with Gasteiger partial charge in [-0.1, -0.05) is 0 Å². The number of nitrogens with one attached hydrogen (secondary N) is 2. The van der Waals surface area contributed by atoms with Gasteiger partial charge >= 0.3 is 0 Å². The molecule has 1 aromatic carbocycles. The van der Waals surface area contributed by atoms with Gasteiger partial charge in [0.2, 0.25) is 0 Å². The summed E-state index contributed by atoms with van der Waals surface area (Å²) in [5.74, 6) is -0.561. The van der Waals surface area contributed by atoms with Crippen LogP contribution in [-0.4, -0.2) is 35.9 Å². The predicted octanol–water partition coefficient (Wildman–Crippen LogP) is 3.63. The van der Waals surface area contributed by atoms with E-state index in [1.54, 1.807) is 6.07 Å². The Balaban J connectivity index is 2.17. The molecule has 0 aliphatic rings. The van der Waals surface area contributed by atoms with Crippen molar-refractivity contribution >= 4 is 23.2 Å². The molecule has 0 spiro atoms. The molecule has 1 heterocycles. The number of hydrogen-bond acceptors (Lipinski definition) is 4. The van der Waals surface area contributed by atoms with Crippen LogP contribution in [0.15, 0.2) is 36.5 Å². The summed E-state index contributed by atoms with van der Waals surface area (Å²) in [6, 6.07) is 9.08. The fourth-order valence-electron chi connectivity index (χ4n) is 2.80. The molecule has 2 amide bonds. The maximum Gasteiger partial charge on any atom is 0.274 e. The Kier molecular flexibility index (Phi) is 6.93. The van der Waals surface area contributed by atoms with Crippen LogP contribution < -0.4 is 15.5 Å². The number of carbonyl (C=O) groups excluding carboxylic acids is 2. The largest absolute Gasteiger partial charge is 0.372 e. The van der Waals surface area contributed by atoms with Crippen molar-refractivity contribution in [3.05, 3.63) is 53.3 Å². The van der Waals surface area contributed by atoms with Gasteiger partial charge in [0.1, 0.15) is 5.69 Å². The molecule has 0 atom stereocenters. The lowest BCUT2D eigenvalue weighted by molar-refractivity contribution is 0.0943. The van der Waals surface area contributed by atoms with Gasteiger partial charge in [-0.25, -0.2) is 0 Å². The third kappa shape index (κ3) is 5.29. The second-order valence-electron chi connectivity index (χ2n) is 6.68. The van der Waals surface area contributed by atoms with Gasteiger partial charge in [-0.2, -0.15) is 0 Å². The molecule has 0 fully saturated rings. The van der Waals surface area contributed by atoms with Crippen LogP contribution in [0.4, 0.5) is 11.4 Å². The summed E-state index contributed by atoms with van der Waals surface area (Å²) in [6.07, 6.45) is 1.47. The number of hydrogen-bond donors (Lipinski definition) is 2. The van der Waals surface area contributed by atoms with E-state index in [-0.39, 0.29) is 23.6 Å². The van der Waals surface area contributed by atoms with E-state index in [4.69, 9.17) is 0 Å². The van der Waals surface area contributed by atoms with Crippen molar-refractivity contribution in [3.63, 3.8) is 0 Å². The Morgan fingerprint density at radius 3 is 2.37 bits per heavy atom. The van der Waals surface area contributed by atoms with Crippen molar-refractivity contribution in [1.82, 2.24) is 10.3 Å². The highest BCUT2D eigenvalue weighted by atomic mass is 16.2. The molecule has 2 N–H and O–H groups in total. The minimum atomic E-state index is -0.340. The Bertz CT molecular complexity index is 814. The fourth-order valence-corrected chi connectivity index (χ4v) is 2.80. The first-order valence-corrected chi connectivity index (χ1v) is 9.29. The molecule has 0 bridgehead atoms. The number of rotatable bonds is 7. The summed E-state index contributed by atoms with van der Waals surface area (Å²) in [6.45, 7) is 11.8. The normalized spacial score (nSPS) is 10.6. The standard InChI is InChI=1S/C21H28N4O2/c1-6-25(7-2)17-8-9-18(15(5)12-17)24-21(27)19-13-16(10-11-22-19)20(26)23-14(3)4/h8-14H,6-7H2,1-5H3,(H,23,26)(H,24,27). The van der Waals surface area contributed by atoms with Gasteiger partial charge in [0, 0.05) is 42.3 Å². The van der Waals surface area contributed by atoms with Gasteiger partial charge in [-0.05, 0) is 70.5 Å². The monoisotopic (exact) mass is 368 g/mol. The SMILES string of the molecule is CCN(CC)c1ccc(NC(=O)c2cc(C(=O)NC(C)C)ccn2)c(C)c1. The lowest BCUT2D eigenvalue weighted by Crippen LogP contribution is -2.30. The number of benzene rings is 1. The number of carbonyl (C=O) groups is 2. The quantitative estimate of drug-likeness (QED) is 0.783. The van der Waals surface area contributed by atoms with E-state index in [1.807, 2.05) is 32.9 Å². The molecule has 6 heteroatoms. The smallest absolute Gasteiger partial charge is 0.274 e. The van der Waals surface area contributed by atoms with E-state index < -0.39 is 0 Å². The van der Waals surface area contributed by atoms with Crippen molar-refractivity contribution in [1.29, 1.82) is 0 Å². The van der Waals surface area contributed by atoms with Crippen LogP contribution in [0.1, 0.15) is 54.1 Å². The van der Waals surface area contributed by atoms with Gasteiger partial charge < -0.3 is 15.5 Å². The van der Waals surface area contributed by atoms with Gasteiger partial charge in [0.15, 0.2) is 0 Å². The Labute approximate surface area is 161 Å². The average molecular weight is 368 g/mol. The molecular formula is C21H28N4O2. The Hall–Kier alpha value is -2.89. The number of anilines is 2. The van der Waals surface area contributed by atoms with E-state index >= 15 is 0 Å². The van der Waals surface area contributed by atoms with Crippen molar-refractivity contribution in [3.8, 4) is 0 Å². The molecule has 0 aliphatic carbocycles. The number of aromatic nitrogens is 1. The molecule has 2 aromatic rings. The van der Waals surface area contributed by atoms with E-state index in [2.05, 4.69) is 40.4 Å². The molecule has 144 valence electrons. The van der Waals surface area contributed by atoms with E-state index in [1.165, 1.54) is 12.3 Å². The number of nitrogens with zero attached hydrogens (tertiary/aromatic N) is 2. The maximum absolute atomic E-state index is 12.6. The minimum absolute atomic E-state index is 0.0231. The highest BCUT2D eigenvalue weighted by Gasteiger charge is 2.14. The van der Waals surface area contributed by atoms with Gasteiger partial charge in [0.25, 0.3) is 11.8 Å². The molecule has 0 aliphatic heterocycles. The molecule has 0 saturated heterocycles. The zero-order valence-electron chi connectivity index (χ0n) is 16.7. The predicted molar refractivity (Wildman–Crippen MR) is 110 cm³/mol. The van der Waals surface area contributed by atoms with Crippen LogP contribution in [0.2, 0.25) is 0 Å². The van der Waals surface area contributed by atoms with Crippen LogP contribution in [-0.2, 0) is 0 Å². The van der Waals surface area contributed by atoms with E-state index in [0.29, 0.717) is 5.56 Å². The minimum Gasteiger partial charge on any atom is -0.372 e. The second kappa shape index (κ2) is 9.16.